The number of nitrogens with two attached hydrogens (primary N) is 1. The van der Waals surface area contributed by atoms with Gasteiger partial charge in [-0.2, -0.15) is 0 Å². The lowest BCUT2D eigenvalue weighted by atomic mass is 10.1. The molecule has 1 aromatic heterocycles. The van der Waals surface area contributed by atoms with Crippen LogP contribution < -0.4 is 21.6 Å². The first-order chi connectivity index (χ1) is 9.67. The zero-order valence-corrected chi connectivity index (χ0v) is 11.0. The molecule has 0 bridgehead atoms. The molecule has 0 saturated carbocycles. The second-order valence-corrected chi connectivity index (χ2v) is 4.02. The fraction of sp³-hybridized carbons (Fsp3) is 0.143. The summed E-state index contributed by atoms with van der Waals surface area (Å²) in [5, 5.41) is 0. The average molecular weight is 273 g/mol. The van der Waals surface area contributed by atoms with Crippen molar-refractivity contribution < 1.29 is 9.53 Å². The maximum atomic E-state index is 11.9. The summed E-state index contributed by atoms with van der Waals surface area (Å²) in [6.07, 6.45) is 0. The summed E-state index contributed by atoms with van der Waals surface area (Å²) in [5.74, 6) is 5.05. The molecule has 2 rings (SSSR count). The lowest BCUT2D eigenvalue weighted by Crippen LogP contribution is -2.34. The summed E-state index contributed by atoms with van der Waals surface area (Å²) >= 11 is 0. The number of para-hydroxylation sites is 1. The maximum Gasteiger partial charge on any atom is 0.270 e. The second kappa shape index (κ2) is 6.03. The number of hydrogen-bond acceptors (Lipinski definition) is 4. The number of aromatic amines is 1. The van der Waals surface area contributed by atoms with Crippen LogP contribution in [0.3, 0.4) is 0 Å². The van der Waals surface area contributed by atoms with Gasteiger partial charge < -0.3 is 9.72 Å². The minimum atomic E-state index is -0.629. The fourth-order valence-electron chi connectivity index (χ4n) is 1.86. The van der Waals surface area contributed by atoms with Gasteiger partial charge in [0, 0.05) is 5.56 Å². The molecule has 1 amide bonds. The normalized spacial score (nSPS) is 10.1. The number of H-pyrrole nitrogens is 1. The van der Waals surface area contributed by atoms with Crippen molar-refractivity contribution in [3.8, 4) is 17.0 Å². The van der Waals surface area contributed by atoms with Crippen molar-refractivity contribution in [2.24, 2.45) is 5.84 Å². The number of hydrogen-bond donors (Lipinski definition) is 3. The van der Waals surface area contributed by atoms with Crippen molar-refractivity contribution in [2.45, 2.75) is 6.92 Å². The van der Waals surface area contributed by atoms with Gasteiger partial charge in [0.1, 0.15) is 11.3 Å². The number of amides is 1. The summed E-state index contributed by atoms with van der Waals surface area (Å²) in [6, 6.07) is 10.4. The number of benzene rings is 1. The third-order valence-electron chi connectivity index (χ3n) is 2.76. The molecule has 0 aliphatic heterocycles. The van der Waals surface area contributed by atoms with Gasteiger partial charge in [0.05, 0.1) is 12.3 Å². The Labute approximate surface area is 115 Å². The Hall–Kier alpha value is -2.60. The van der Waals surface area contributed by atoms with Crippen LogP contribution in [0.15, 0.2) is 41.2 Å². The van der Waals surface area contributed by atoms with Gasteiger partial charge in [-0.05, 0) is 31.2 Å². The minimum absolute atomic E-state index is 0.0369. The van der Waals surface area contributed by atoms with E-state index >= 15 is 0 Å². The number of carbonyl (C=O) groups is 1. The van der Waals surface area contributed by atoms with Crippen molar-refractivity contribution in [1.29, 1.82) is 0 Å². The predicted molar refractivity (Wildman–Crippen MR) is 75.3 cm³/mol. The molecule has 6 heteroatoms. The molecule has 0 aliphatic carbocycles. The second-order valence-electron chi connectivity index (χ2n) is 4.02. The molecule has 1 aromatic carbocycles. The van der Waals surface area contributed by atoms with E-state index in [1.165, 1.54) is 6.07 Å². The number of hydrazine groups is 1. The molecule has 0 unspecified atom stereocenters. The largest absolute Gasteiger partial charge is 0.493 e. The lowest BCUT2D eigenvalue weighted by Gasteiger charge is -2.10. The van der Waals surface area contributed by atoms with Gasteiger partial charge in [0.2, 0.25) is 0 Å². The van der Waals surface area contributed by atoms with E-state index in [0.29, 0.717) is 18.1 Å². The Balaban J connectivity index is 2.47. The molecule has 1 heterocycles. The topological polar surface area (TPSA) is 97.2 Å². The van der Waals surface area contributed by atoms with Crippen LogP contribution in [0.1, 0.15) is 17.3 Å². The fourth-order valence-corrected chi connectivity index (χ4v) is 1.86. The first kappa shape index (κ1) is 13.8. The van der Waals surface area contributed by atoms with Gasteiger partial charge >= 0.3 is 0 Å². The summed E-state index contributed by atoms with van der Waals surface area (Å²) < 4.78 is 5.51. The lowest BCUT2D eigenvalue weighted by molar-refractivity contribution is 0.0952. The third kappa shape index (κ3) is 2.70. The molecule has 0 radical (unpaired) electrons. The average Bonchev–Trinajstić information content (AvgIpc) is 2.47. The van der Waals surface area contributed by atoms with E-state index in [1.54, 1.807) is 6.07 Å². The van der Waals surface area contributed by atoms with Crippen molar-refractivity contribution >= 4 is 5.91 Å². The molecular formula is C14H15N3O3. The highest BCUT2D eigenvalue weighted by Crippen LogP contribution is 2.27. The summed E-state index contributed by atoms with van der Waals surface area (Å²) in [5.41, 5.74) is 2.72. The van der Waals surface area contributed by atoms with E-state index < -0.39 is 11.5 Å². The molecule has 4 N–H and O–H groups in total. The number of pyridine rings is 1. The van der Waals surface area contributed by atoms with Crippen LogP contribution in [0, 0.1) is 0 Å². The van der Waals surface area contributed by atoms with Gasteiger partial charge in [0.25, 0.3) is 11.5 Å². The first-order valence-electron chi connectivity index (χ1n) is 6.13. The van der Waals surface area contributed by atoms with Crippen LogP contribution in [0.2, 0.25) is 0 Å². The number of ether oxygens (including phenoxy) is 1. The number of rotatable bonds is 4. The molecule has 2 aromatic rings. The van der Waals surface area contributed by atoms with E-state index in [9.17, 15) is 9.59 Å². The molecule has 0 spiro atoms. The Morgan fingerprint density at radius 3 is 2.70 bits per heavy atom. The SMILES string of the molecule is CCOc1ccccc1-c1ccc(C(=O)NN)c(=O)[nH]1. The van der Waals surface area contributed by atoms with E-state index in [-0.39, 0.29) is 5.56 Å². The Bertz CT molecular complexity index is 679. The Morgan fingerprint density at radius 2 is 2.05 bits per heavy atom. The molecule has 0 atom stereocenters. The van der Waals surface area contributed by atoms with Crippen LogP contribution in [-0.4, -0.2) is 17.5 Å². The van der Waals surface area contributed by atoms with Crippen molar-refractivity contribution in [3.05, 3.63) is 52.3 Å². The minimum Gasteiger partial charge on any atom is -0.493 e. The molecule has 0 fully saturated rings. The summed E-state index contributed by atoms with van der Waals surface area (Å²) in [7, 11) is 0. The van der Waals surface area contributed by atoms with E-state index in [1.807, 2.05) is 36.6 Å². The zero-order valence-electron chi connectivity index (χ0n) is 11.0. The maximum absolute atomic E-state index is 11.9. The highest BCUT2D eigenvalue weighted by atomic mass is 16.5. The van der Waals surface area contributed by atoms with Gasteiger partial charge in [-0.25, -0.2) is 5.84 Å². The molecule has 0 aliphatic rings. The highest BCUT2D eigenvalue weighted by Gasteiger charge is 2.11. The van der Waals surface area contributed by atoms with Crippen LogP contribution in [0.5, 0.6) is 5.75 Å². The van der Waals surface area contributed by atoms with Gasteiger partial charge in [0.15, 0.2) is 0 Å². The monoisotopic (exact) mass is 273 g/mol. The predicted octanol–water partition coefficient (Wildman–Crippen LogP) is 1.04. The standard InChI is InChI=1S/C14H15N3O3/c1-2-20-12-6-4-3-5-9(12)11-8-7-10(13(18)16-11)14(19)17-15/h3-8H,2,15H2,1H3,(H,16,18)(H,17,19). The van der Waals surface area contributed by atoms with Gasteiger partial charge in [-0.3, -0.25) is 15.0 Å². The summed E-state index contributed by atoms with van der Waals surface area (Å²) in [4.78, 5) is 25.9. The Morgan fingerprint density at radius 1 is 1.30 bits per heavy atom. The van der Waals surface area contributed by atoms with E-state index in [0.717, 1.165) is 5.56 Å². The molecule has 104 valence electrons. The highest BCUT2D eigenvalue weighted by molar-refractivity contribution is 5.93. The van der Waals surface area contributed by atoms with Crippen LogP contribution >= 0.6 is 0 Å². The number of nitrogen functional groups attached to an aromatic ring is 1. The summed E-state index contributed by atoms with van der Waals surface area (Å²) in [6.45, 7) is 2.41. The third-order valence-corrected chi connectivity index (χ3v) is 2.76. The van der Waals surface area contributed by atoms with Gasteiger partial charge in [-0.15, -0.1) is 0 Å². The van der Waals surface area contributed by atoms with Crippen LogP contribution in [-0.2, 0) is 0 Å². The van der Waals surface area contributed by atoms with E-state index in [2.05, 4.69) is 4.98 Å². The molecule has 0 saturated heterocycles. The van der Waals surface area contributed by atoms with Crippen LogP contribution in [0.25, 0.3) is 11.3 Å². The number of carbonyl (C=O) groups excluding carboxylic acids is 1. The zero-order chi connectivity index (χ0) is 14.5. The molecule has 6 nitrogen and oxygen atoms in total. The van der Waals surface area contributed by atoms with Crippen molar-refractivity contribution in [2.75, 3.05) is 6.61 Å². The smallest absolute Gasteiger partial charge is 0.270 e. The Kier molecular flexibility index (Phi) is 4.17. The molecular weight excluding hydrogens is 258 g/mol. The van der Waals surface area contributed by atoms with Crippen molar-refractivity contribution in [3.63, 3.8) is 0 Å². The van der Waals surface area contributed by atoms with Gasteiger partial charge in [-0.1, -0.05) is 12.1 Å². The molecule has 20 heavy (non-hydrogen) atoms. The van der Waals surface area contributed by atoms with Crippen molar-refractivity contribution in [1.82, 2.24) is 10.4 Å². The number of nitrogens with one attached hydrogen (secondary N) is 2. The van der Waals surface area contributed by atoms with Crippen LogP contribution in [0.4, 0.5) is 0 Å². The van der Waals surface area contributed by atoms with E-state index in [4.69, 9.17) is 10.6 Å². The first-order valence-corrected chi connectivity index (χ1v) is 6.13. The number of aromatic nitrogens is 1. The quantitative estimate of drug-likeness (QED) is 0.440.